The van der Waals surface area contributed by atoms with E-state index in [1.165, 1.54) is 12.1 Å². The fourth-order valence-corrected chi connectivity index (χ4v) is 2.64. The standard InChI is InChI=1S/C6H4Br2O3S.Ga.3H/c7-4-1-2-5(8)6(3-4)12(9,10)11;;;;/h1-3H,(H,9,10,11);;;;. The molecule has 0 spiro atoms. The van der Waals surface area contributed by atoms with Gasteiger partial charge in [-0.15, -0.1) is 0 Å². The van der Waals surface area contributed by atoms with Crippen LogP contribution in [0.15, 0.2) is 32.0 Å². The van der Waals surface area contributed by atoms with Gasteiger partial charge in [0.15, 0.2) is 0 Å². The molecule has 0 radical (unpaired) electrons. The molecule has 13 heavy (non-hydrogen) atoms. The van der Waals surface area contributed by atoms with Gasteiger partial charge in [-0.1, -0.05) is 15.9 Å². The van der Waals surface area contributed by atoms with Gasteiger partial charge in [-0.2, -0.15) is 8.42 Å². The van der Waals surface area contributed by atoms with Crippen molar-refractivity contribution in [1.82, 2.24) is 0 Å². The fourth-order valence-electron chi connectivity index (χ4n) is 0.675. The summed E-state index contributed by atoms with van der Waals surface area (Å²) in [5.41, 5.74) is 0. The van der Waals surface area contributed by atoms with Crippen molar-refractivity contribution in [3.63, 3.8) is 0 Å². The Balaban J connectivity index is 0.00000144. The van der Waals surface area contributed by atoms with Crippen LogP contribution in [-0.2, 0) is 10.1 Å². The molecule has 1 aromatic rings. The fraction of sp³-hybridized carbons (Fsp3) is 0. The Hall–Kier alpha value is 0.726. The monoisotopic (exact) mass is 386 g/mol. The Morgan fingerprint density at radius 3 is 2.15 bits per heavy atom. The van der Waals surface area contributed by atoms with Crippen molar-refractivity contribution in [2.75, 3.05) is 0 Å². The van der Waals surface area contributed by atoms with Crippen LogP contribution < -0.4 is 0 Å². The molecular weight excluding hydrogens is 382 g/mol. The summed E-state index contributed by atoms with van der Waals surface area (Å²) in [7, 11) is -4.13. The minimum atomic E-state index is -4.13. The van der Waals surface area contributed by atoms with Crippen molar-refractivity contribution in [3.05, 3.63) is 27.1 Å². The first kappa shape index (κ1) is 13.7. The van der Waals surface area contributed by atoms with Crippen LogP contribution in [0.1, 0.15) is 0 Å². The van der Waals surface area contributed by atoms with Gasteiger partial charge in [0.05, 0.1) is 0 Å². The molecule has 0 bridgehead atoms. The summed E-state index contributed by atoms with van der Waals surface area (Å²) in [6, 6.07) is 4.52. The average molecular weight is 389 g/mol. The number of hydrogen-bond donors (Lipinski definition) is 1. The molecule has 0 unspecified atom stereocenters. The average Bonchev–Trinajstić information content (AvgIpc) is 1.92. The predicted molar refractivity (Wildman–Crippen MR) is 61.6 cm³/mol. The van der Waals surface area contributed by atoms with E-state index in [0.29, 0.717) is 8.95 Å². The van der Waals surface area contributed by atoms with E-state index in [0.717, 1.165) is 0 Å². The van der Waals surface area contributed by atoms with E-state index >= 15 is 0 Å². The number of rotatable bonds is 1. The Labute approximate surface area is 106 Å². The second-order valence-electron chi connectivity index (χ2n) is 2.05. The third kappa shape index (κ3) is 3.76. The summed E-state index contributed by atoms with van der Waals surface area (Å²) >= 11 is 6.10. The van der Waals surface area contributed by atoms with Gasteiger partial charge in [0.25, 0.3) is 10.1 Å². The van der Waals surface area contributed by atoms with E-state index in [-0.39, 0.29) is 24.7 Å². The van der Waals surface area contributed by atoms with Crippen LogP contribution in [0.4, 0.5) is 0 Å². The first-order chi connectivity index (χ1) is 5.41. The van der Waals surface area contributed by atoms with Crippen LogP contribution in [0.3, 0.4) is 0 Å². The Morgan fingerprint density at radius 1 is 1.23 bits per heavy atom. The van der Waals surface area contributed by atoms with E-state index in [2.05, 4.69) is 31.9 Å². The summed E-state index contributed by atoms with van der Waals surface area (Å²) in [5.74, 6) is 0. The topological polar surface area (TPSA) is 54.4 Å². The molecule has 0 saturated carbocycles. The van der Waals surface area contributed by atoms with Gasteiger partial charge in [0, 0.05) is 8.95 Å². The van der Waals surface area contributed by atoms with Crippen LogP contribution in [0.25, 0.3) is 0 Å². The van der Waals surface area contributed by atoms with Crippen molar-refractivity contribution in [2.24, 2.45) is 0 Å². The summed E-state index contributed by atoms with van der Waals surface area (Å²) < 4.78 is 31.1. The van der Waals surface area contributed by atoms with Gasteiger partial charge < -0.3 is 0 Å². The molecule has 0 heterocycles. The Morgan fingerprint density at radius 2 is 1.77 bits per heavy atom. The number of halogens is 2. The molecule has 1 aromatic carbocycles. The second-order valence-corrected chi connectivity index (χ2v) is 5.21. The normalized spacial score (nSPS) is 10.7. The minimum absolute atomic E-state index is 0. The zero-order valence-electron chi connectivity index (χ0n) is 5.66. The summed E-state index contributed by atoms with van der Waals surface area (Å²) in [4.78, 5) is -0.142. The molecule has 3 nitrogen and oxygen atoms in total. The molecule has 0 fully saturated rings. The Bertz CT molecular complexity index is 404. The van der Waals surface area contributed by atoms with E-state index in [1.807, 2.05) is 0 Å². The van der Waals surface area contributed by atoms with Crippen LogP contribution in [0.5, 0.6) is 0 Å². The molecule has 0 aliphatic carbocycles. The predicted octanol–water partition coefficient (Wildman–Crippen LogP) is 1.27. The van der Waals surface area contributed by atoms with Crippen molar-refractivity contribution < 1.29 is 13.0 Å². The molecule has 0 saturated heterocycles. The molecule has 0 atom stereocenters. The van der Waals surface area contributed by atoms with Crippen molar-refractivity contribution in [3.8, 4) is 0 Å². The summed E-state index contributed by atoms with van der Waals surface area (Å²) in [6.07, 6.45) is 0. The van der Waals surface area contributed by atoms with E-state index in [9.17, 15) is 8.42 Å². The van der Waals surface area contributed by atoms with Gasteiger partial charge in [-0.3, -0.25) is 4.55 Å². The third-order valence-electron chi connectivity index (χ3n) is 1.17. The maximum atomic E-state index is 10.7. The molecule has 0 aromatic heterocycles. The van der Waals surface area contributed by atoms with Gasteiger partial charge >= 0.3 is 19.8 Å². The van der Waals surface area contributed by atoms with Crippen LogP contribution in [-0.4, -0.2) is 32.8 Å². The summed E-state index contributed by atoms with van der Waals surface area (Å²) in [5, 5.41) is 0. The molecular formula is C6H7Br2GaO3S. The van der Waals surface area contributed by atoms with Crippen molar-refractivity contribution in [1.29, 1.82) is 0 Å². The van der Waals surface area contributed by atoms with Crippen molar-refractivity contribution in [2.45, 2.75) is 4.90 Å². The van der Waals surface area contributed by atoms with E-state index in [1.54, 1.807) is 6.07 Å². The molecule has 0 aliphatic rings. The molecule has 0 amide bonds. The van der Waals surface area contributed by atoms with Crippen molar-refractivity contribution >= 4 is 61.8 Å². The SMILES string of the molecule is O=S(=O)(O)c1cc(Br)ccc1Br.[GaH3]. The third-order valence-corrected chi connectivity index (χ3v) is 3.51. The van der Waals surface area contributed by atoms with Gasteiger partial charge in [0.1, 0.15) is 4.90 Å². The van der Waals surface area contributed by atoms with Crippen LogP contribution in [0, 0.1) is 0 Å². The maximum absolute atomic E-state index is 10.7. The molecule has 0 aliphatic heterocycles. The molecule has 72 valence electrons. The number of hydrogen-bond acceptors (Lipinski definition) is 2. The van der Waals surface area contributed by atoms with Gasteiger partial charge in [0.2, 0.25) is 0 Å². The Kier molecular flexibility index (Phi) is 5.27. The first-order valence-electron chi connectivity index (χ1n) is 2.84. The van der Waals surface area contributed by atoms with E-state index in [4.69, 9.17) is 4.55 Å². The molecule has 7 heteroatoms. The molecule has 1 N–H and O–H groups in total. The van der Waals surface area contributed by atoms with Crippen LogP contribution >= 0.6 is 31.9 Å². The zero-order chi connectivity index (χ0) is 9.35. The quantitative estimate of drug-likeness (QED) is 0.582. The summed E-state index contributed by atoms with van der Waals surface area (Å²) in [6.45, 7) is 0. The van der Waals surface area contributed by atoms with Crippen LogP contribution in [0.2, 0.25) is 0 Å². The van der Waals surface area contributed by atoms with Gasteiger partial charge in [-0.25, -0.2) is 0 Å². The second kappa shape index (κ2) is 4.99. The number of benzene rings is 1. The zero-order valence-corrected chi connectivity index (χ0v) is 9.65. The van der Waals surface area contributed by atoms with E-state index < -0.39 is 10.1 Å². The first-order valence-corrected chi connectivity index (χ1v) is 5.86. The van der Waals surface area contributed by atoms with Gasteiger partial charge in [-0.05, 0) is 34.1 Å². The molecule has 1 rings (SSSR count).